The van der Waals surface area contributed by atoms with E-state index in [0.29, 0.717) is 37.6 Å². The molecule has 3 unspecified atom stereocenters. The quantitative estimate of drug-likeness (QED) is 0.507. The highest BCUT2D eigenvalue weighted by atomic mass is 16.7. The number of hydrogen-bond donors (Lipinski definition) is 1. The largest absolute Gasteiger partial charge is 0.481 e. The van der Waals surface area contributed by atoms with Gasteiger partial charge in [-0.25, -0.2) is 0 Å². The molecule has 0 aliphatic carbocycles. The molecule has 38 heavy (non-hydrogen) atoms. The molecule has 0 radical (unpaired) electrons. The van der Waals surface area contributed by atoms with Crippen molar-refractivity contribution < 1.29 is 29.0 Å². The van der Waals surface area contributed by atoms with Gasteiger partial charge in [0, 0.05) is 50.8 Å². The monoisotopic (exact) mass is 522 g/mol. The third-order valence-corrected chi connectivity index (χ3v) is 7.77. The summed E-state index contributed by atoms with van der Waals surface area (Å²) < 4.78 is 11.0. The van der Waals surface area contributed by atoms with Gasteiger partial charge in [0.25, 0.3) is 0 Å². The Morgan fingerprint density at radius 2 is 2.05 bits per heavy atom. The van der Waals surface area contributed by atoms with Gasteiger partial charge < -0.3 is 24.4 Å². The minimum atomic E-state index is -0.936. The van der Waals surface area contributed by atoms with Gasteiger partial charge in [0.1, 0.15) is 0 Å². The van der Waals surface area contributed by atoms with E-state index in [1.165, 1.54) is 0 Å². The number of aliphatic carboxylic acids is 1. The molecule has 2 saturated heterocycles. The molecule has 0 saturated carbocycles. The maximum Gasteiger partial charge on any atom is 0.308 e. The first-order valence-corrected chi connectivity index (χ1v) is 13.3. The second-order valence-corrected chi connectivity index (χ2v) is 10.1. The predicted molar refractivity (Wildman–Crippen MR) is 139 cm³/mol. The number of anilines is 1. The molecule has 2 fully saturated rings. The van der Waals surface area contributed by atoms with Gasteiger partial charge in [-0.15, -0.1) is 0 Å². The fourth-order valence-corrected chi connectivity index (χ4v) is 5.81. The number of aromatic nitrogens is 1. The molecular formula is C28H34N4O6. The van der Waals surface area contributed by atoms with E-state index in [1.54, 1.807) is 34.3 Å². The minimum absolute atomic E-state index is 0.0341. The number of carbonyl (C=O) groups excluding carboxylic acids is 2. The van der Waals surface area contributed by atoms with Crippen LogP contribution in [0.15, 0.2) is 42.7 Å². The standard InChI is InChI=1S/C28H34N4O6/c1-2-3-12-32(20-6-4-10-29-14-20)26(34)17-31-15-21(19-8-9-23-24(13-19)38-18-37-23)27(28(35)36)22(31)16-30-11-5-7-25(30)33/h4,6,8-10,13-14,21-22,27H,2-3,5,7,11-12,15-18H2,1H3,(H,35,36). The summed E-state index contributed by atoms with van der Waals surface area (Å²) in [5.74, 6) is -0.956. The molecule has 2 amide bonds. The summed E-state index contributed by atoms with van der Waals surface area (Å²) in [6.45, 7) is 4.08. The van der Waals surface area contributed by atoms with Gasteiger partial charge in [0.05, 0.1) is 24.3 Å². The lowest BCUT2D eigenvalue weighted by molar-refractivity contribution is -0.144. The second-order valence-electron chi connectivity index (χ2n) is 10.1. The first-order valence-electron chi connectivity index (χ1n) is 13.3. The summed E-state index contributed by atoms with van der Waals surface area (Å²) in [6.07, 6.45) is 6.35. The molecule has 1 aromatic heterocycles. The van der Waals surface area contributed by atoms with Gasteiger partial charge in [-0.2, -0.15) is 0 Å². The van der Waals surface area contributed by atoms with Crippen molar-refractivity contribution in [2.45, 2.75) is 44.6 Å². The first-order chi connectivity index (χ1) is 18.5. The number of amides is 2. The molecule has 3 atom stereocenters. The van der Waals surface area contributed by atoms with Crippen molar-refractivity contribution in [1.82, 2.24) is 14.8 Å². The normalized spacial score (nSPS) is 22.7. The van der Waals surface area contributed by atoms with E-state index in [2.05, 4.69) is 11.9 Å². The van der Waals surface area contributed by atoms with Crippen LogP contribution in [0.4, 0.5) is 5.69 Å². The Labute approximate surface area is 222 Å². The molecular weight excluding hydrogens is 488 g/mol. The smallest absolute Gasteiger partial charge is 0.308 e. The minimum Gasteiger partial charge on any atom is -0.481 e. The molecule has 3 aliphatic heterocycles. The number of pyridine rings is 1. The summed E-state index contributed by atoms with van der Waals surface area (Å²) in [6, 6.07) is 8.68. The topological polar surface area (TPSA) is 113 Å². The maximum atomic E-state index is 13.7. The SMILES string of the molecule is CCCCN(C(=O)CN1CC(c2ccc3c(c2)OCO3)C(C(=O)O)C1CN1CCCC1=O)c1cccnc1. The molecule has 1 aromatic carbocycles. The van der Waals surface area contributed by atoms with Crippen LogP contribution in [-0.4, -0.2) is 83.2 Å². The number of carbonyl (C=O) groups is 3. The van der Waals surface area contributed by atoms with Crippen molar-refractivity contribution in [3.63, 3.8) is 0 Å². The van der Waals surface area contributed by atoms with Crippen LogP contribution in [0.2, 0.25) is 0 Å². The van der Waals surface area contributed by atoms with E-state index in [1.807, 2.05) is 23.1 Å². The van der Waals surface area contributed by atoms with E-state index in [-0.39, 0.29) is 37.6 Å². The van der Waals surface area contributed by atoms with Crippen LogP contribution >= 0.6 is 0 Å². The molecule has 10 nitrogen and oxygen atoms in total. The van der Waals surface area contributed by atoms with E-state index in [9.17, 15) is 19.5 Å². The number of fused-ring (bicyclic) bond motifs is 1. The Morgan fingerprint density at radius 3 is 2.76 bits per heavy atom. The second kappa shape index (κ2) is 11.4. The number of hydrogen-bond acceptors (Lipinski definition) is 7. The van der Waals surface area contributed by atoms with Crippen molar-refractivity contribution in [2.75, 3.05) is 44.4 Å². The maximum absolute atomic E-state index is 13.7. The molecule has 1 N–H and O–H groups in total. The highest BCUT2D eigenvalue weighted by molar-refractivity contribution is 5.94. The molecule has 3 aliphatic rings. The predicted octanol–water partition coefficient (Wildman–Crippen LogP) is 2.73. The van der Waals surface area contributed by atoms with Gasteiger partial charge in [0.15, 0.2) is 11.5 Å². The molecule has 2 aromatic rings. The Balaban J connectivity index is 1.44. The number of carboxylic acid groups (broad SMARTS) is 1. The fraction of sp³-hybridized carbons (Fsp3) is 0.500. The molecule has 5 rings (SSSR count). The summed E-state index contributed by atoms with van der Waals surface area (Å²) in [5.41, 5.74) is 1.54. The molecule has 202 valence electrons. The Kier molecular flexibility index (Phi) is 7.78. The molecule has 0 spiro atoms. The van der Waals surface area contributed by atoms with Gasteiger partial charge in [-0.05, 0) is 42.7 Å². The van der Waals surface area contributed by atoms with Crippen molar-refractivity contribution in [3.8, 4) is 11.5 Å². The van der Waals surface area contributed by atoms with Crippen LogP contribution in [0.25, 0.3) is 0 Å². The zero-order valence-electron chi connectivity index (χ0n) is 21.6. The van der Waals surface area contributed by atoms with Crippen molar-refractivity contribution in [2.24, 2.45) is 5.92 Å². The Hall–Kier alpha value is -3.66. The number of unbranched alkanes of at least 4 members (excludes halogenated alkanes) is 1. The third-order valence-electron chi connectivity index (χ3n) is 7.77. The van der Waals surface area contributed by atoms with Crippen LogP contribution in [0.5, 0.6) is 11.5 Å². The lowest BCUT2D eigenvalue weighted by Gasteiger charge is -2.32. The van der Waals surface area contributed by atoms with E-state index in [4.69, 9.17) is 9.47 Å². The van der Waals surface area contributed by atoms with Gasteiger partial charge in [0.2, 0.25) is 18.6 Å². The Morgan fingerprint density at radius 1 is 1.21 bits per heavy atom. The first kappa shape index (κ1) is 26.0. The lowest BCUT2D eigenvalue weighted by Crippen LogP contribution is -2.49. The lowest BCUT2D eigenvalue weighted by atomic mass is 9.85. The average Bonchev–Trinajstić information content (AvgIpc) is 3.64. The van der Waals surface area contributed by atoms with Gasteiger partial charge >= 0.3 is 5.97 Å². The van der Waals surface area contributed by atoms with Crippen LogP contribution in [0.3, 0.4) is 0 Å². The average molecular weight is 523 g/mol. The number of nitrogens with zero attached hydrogens (tertiary/aromatic N) is 4. The zero-order chi connectivity index (χ0) is 26.6. The van der Waals surface area contributed by atoms with E-state index in [0.717, 1.165) is 30.5 Å². The van der Waals surface area contributed by atoms with E-state index >= 15 is 0 Å². The summed E-state index contributed by atoms with van der Waals surface area (Å²) in [7, 11) is 0. The summed E-state index contributed by atoms with van der Waals surface area (Å²) >= 11 is 0. The molecule has 0 bridgehead atoms. The number of carboxylic acids is 1. The van der Waals surface area contributed by atoms with Crippen molar-refractivity contribution >= 4 is 23.5 Å². The highest BCUT2D eigenvalue weighted by Crippen LogP contribution is 2.42. The number of benzene rings is 1. The highest BCUT2D eigenvalue weighted by Gasteiger charge is 2.48. The zero-order valence-corrected chi connectivity index (χ0v) is 21.6. The molecule has 10 heteroatoms. The fourth-order valence-electron chi connectivity index (χ4n) is 5.81. The third kappa shape index (κ3) is 5.31. The van der Waals surface area contributed by atoms with E-state index < -0.39 is 17.9 Å². The number of ether oxygens (including phenoxy) is 2. The number of likely N-dealkylation sites (tertiary alicyclic amines) is 2. The van der Waals surface area contributed by atoms with Crippen molar-refractivity contribution in [1.29, 1.82) is 0 Å². The Bertz CT molecular complexity index is 1180. The van der Waals surface area contributed by atoms with Gasteiger partial charge in [-0.3, -0.25) is 24.3 Å². The number of rotatable bonds is 10. The summed E-state index contributed by atoms with van der Waals surface area (Å²) in [4.78, 5) is 48.6. The van der Waals surface area contributed by atoms with Gasteiger partial charge in [-0.1, -0.05) is 19.4 Å². The van der Waals surface area contributed by atoms with Crippen LogP contribution in [0.1, 0.15) is 44.1 Å². The van der Waals surface area contributed by atoms with Crippen LogP contribution in [-0.2, 0) is 14.4 Å². The van der Waals surface area contributed by atoms with Crippen LogP contribution in [0, 0.1) is 5.92 Å². The summed E-state index contributed by atoms with van der Waals surface area (Å²) in [5, 5.41) is 10.4. The van der Waals surface area contributed by atoms with Crippen LogP contribution < -0.4 is 14.4 Å². The van der Waals surface area contributed by atoms with Crippen molar-refractivity contribution in [3.05, 3.63) is 48.3 Å². The molecule has 4 heterocycles.